The molecule has 0 spiro atoms. The van der Waals surface area contributed by atoms with Crippen LogP contribution in [0, 0.1) is 0 Å². The van der Waals surface area contributed by atoms with Gasteiger partial charge in [-0.15, -0.1) is 0 Å². The molecule has 1 heterocycles. The summed E-state index contributed by atoms with van der Waals surface area (Å²) in [5.41, 5.74) is 0.946. The highest BCUT2D eigenvalue weighted by molar-refractivity contribution is 7.91. The summed E-state index contributed by atoms with van der Waals surface area (Å²) in [5.74, 6) is -1.66. The summed E-state index contributed by atoms with van der Waals surface area (Å²) in [4.78, 5) is 24.4. The van der Waals surface area contributed by atoms with Crippen molar-refractivity contribution in [2.45, 2.75) is 16.6 Å². The van der Waals surface area contributed by atoms with Crippen molar-refractivity contribution >= 4 is 44.9 Å². The van der Waals surface area contributed by atoms with E-state index in [1.807, 2.05) is 12.1 Å². The SMILES string of the molecule is O=C(NCCc1ccc(Cl)cc1)C(=O)NC[C@@H](c1ccco1)S(=O)(=O)c1ccc(Cl)cc1. The number of furan rings is 1. The average Bonchev–Trinajstić information content (AvgIpc) is 3.29. The van der Waals surface area contributed by atoms with Gasteiger partial charge in [0.1, 0.15) is 11.0 Å². The number of carbonyl (C=O) groups is 2. The lowest BCUT2D eigenvalue weighted by atomic mass is 10.1. The molecule has 0 aliphatic carbocycles. The van der Waals surface area contributed by atoms with Crippen molar-refractivity contribution in [2.24, 2.45) is 0 Å². The lowest BCUT2D eigenvalue weighted by Gasteiger charge is -2.16. The number of benzene rings is 2. The highest BCUT2D eigenvalue weighted by Gasteiger charge is 2.32. The number of hydrogen-bond donors (Lipinski definition) is 2. The Morgan fingerprint density at radius 3 is 2.06 bits per heavy atom. The number of carbonyl (C=O) groups excluding carboxylic acids is 2. The summed E-state index contributed by atoms with van der Waals surface area (Å²) in [6.07, 6.45) is 1.85. The standard InChI is InChI=1S/C22H20Cl2N2O5S/c23-16-5-3-15(4-6-16)11-12-25-21(27)22(28)26-14-20(19-2-1-13-31-19)32(29,30)18-9-7-17(24)8-10-18/h1-10,13,20H,11-12,14H2,(H,25,27)(H,26,28)/t20-/m0/s1. The molecule has 32 heavy (non-hydrogen) atoms. The molecular weight excluding hydrogens is 475 g/mol. The van der Waals surface area contributed by atoms with E-state index in [2.05, 4.69) is 10.6 Å². The molecule has 0 radical (unpaired) electrons. The first kappa shape index (κ1) is 23.8. The fourth-order valence-corrected chi connectivity index (χ4v) is 4.78. The fraction of sp³-hybridized carbons (Fsp3) is 0.182. The summed E-state index contributed by atoms with van der Waals surface area (Å²) in [7, 11) is -3.93. The summed E-state index contributed by atoms with van der Waals surface area (Å²) in [5, 5.41) is 4.67. The second-order valence-corrected chi connectivity index (χ2v) is 9.85. The Bertz CT molecular complexity index is 1160. The Labute approximate surface area is 195 Å². The van der Waals surface area contributed by atoms with Gasteiger partial charge in [0.2, 0.25) is 0 Å². The molecule has 10 heteroatoms. The number of nitrogens with one attached hydrogen (secondary N) is 2. The van der Waals surface area contributed by atoms with E-state index in [9.17, 15) is 18.0 Å². The highest BCUT2D eigenvalue weighted by Crippen LogP contribution is 2.29. The van der Waals surface area contributed by atoms with E-state index in [1.54, 1.807) is 18.2 Å². The fourth-order valence-electron chi connectivity index (χ4n) is 2.94. The van der Waals surface area contributed by atoms with Crippen LogP contribution in [0.5, 0.6) is 0 Å². The molecule has 2 amide bonds. The van der Waals surface area contributed by atoms with E-state index in [0.717, 1.165) is 5.56 Å². The van der Waals surface area contributed by atoms with Crippen LogP contribution in [0.3, 0.4) is 0 Å². The van der Waals surface area contributed by atoms with Gasteiger partial charge in [0.05, 0.1) is 11.2 Å². The Morgan fingerprint density at radius 2 is 1.47 bits per heavy atom. The van der Waals surface area contributed by atoms with Gasteiger partial charge in [0, 0.05) is 23.1 Å². The monoisotopic (exact) mass is 494 g/mol. The van der Waals surface area contributed by atoms with Crippen LogP contribution in [-0.2, 0) is 25.8 Å². The highest BCUT2D eigenvalue weighted by atomic mass is 35.5. The maximum atomic E-state index is 13.1. The van der Waals surface area contributed by atoms with Gasteiger partial charge in [-0.05, 0) is 60.5 Å². The smallest absolute Gasteiger partial charge is 0.309 e. The molecule has 0 aliphatic heterocycles. The van der Waals surface area contributed by atoms with E-state index in [-0.39, 0.29) is 23.7 Å². The van der Waals surface area contributed by atoms with Gasteiger partial charge in [-0.3, -0.25) is 9.59 Å². The summed E-state index contributed by atoms with van der Waals surface area (Å²) >= 11 is 11.7. The van der Waals surface area contributed by atoms with Crippen molar-refractivity contribution in [3.05, 3.63) is 88.3 Å². The van der Waals surface area contributed by atoms with Crippen LogP contribution in [0.4, 0.5) is 0 Å². The number of hydrogen-bond acceptors (Lipinski definition) is 5. The lowest BCUT2D eigenvalue weighted by Crippen LogP contribution is -2.42. The summed E-state index contributed by atoms with van der Waals surface area (Å²) in [6, 6.07) is 15.8. The first-order chi connectivity index (χ1) is 15.3. The Kier molecular flexibility index (Phi) is 7.95. The summed E-state index contributed by atoms with van der Waals surface area (Å²) < 4.78 is 31.5. The zero-order valence-electron chi connectivity index (χ0n) is 16.8. The van der Waals surface area contributed by atoms with E-state index in [4.69, 9.17) is 27.6 Å². The molecule has 0 saturated heterocycles. The van der Waals surface area contributed by atoms with Crippen LogP contribution in [0.2, 0.25) is 10.0 Å². The van der Waals surface area contributed by atoms with Gasteiger partial charge in [-0.25, -0.2) is 8.42 Å². The number of sulfone groups is 1. The van der Waals surface area contributed by atoms with Gasteiger partial charge in [-0.1, -0.05) is 35.3 Å². The number of rotatable bonds is 8. The first-order valence-electron chi connectivity index (χ1n) is 9.60. The van der Waals surface area contributed by atoms with Crippen LogP contribution in [0.25, 0.3) is 0 Å². The molecule has 0 aliphatic rings. The maximum Gasteiger partial charge on any atom is 0.309 e. The summed E-state index contributed by atoms with van der Waals surface area (Å²) in [6.45, 7) is -0.111. The minimum absolute atomic E-state index is 0.0185. The van der Waals surface area contributed by atoms with Crippen LogP contribution < -0.4 is 10.6 Å². The third-order valence-electron chi connectivity index (χ3n) is 4.64. The molecule has 1 atom stereocenters. The number of halogens is 2. The first-order valence-corrected chi connectivity index (χ1v) is 11.9. The lowest BCUT2D eigenvalue weighted by molar-refractivity contribution is -0.139. The molecule has 3 rings (SSSR count). The van der Waals surface area contributed by atoms with Crippen molar-refractivity contribution < 1.29 is 22.4 Å². The average molecular weight is 495 g/mol. The minimum atomic E-state index is -3.93. The maximum absolute atomic E-state index is 13.1. The predicted molar refractivity (Wildman–Crippen MR) is 121 cm³/mol. The predicted octanol–water partition coefficient (Wildman–Crippen LogP) is 3.58. The second kappa shape index (κ2) is 10.7. The van der Waals surface area contributed by atoms with E-state index >= 15 is 0 Å². The Morgan fingerprint density at radius 1 is 0.875 bits per heavy atom. The molecule has 0 fully saturated rings. The quantitative estimate of drug-likeness (QED) is 0.465. The normalized spacial score (nSPS) is 12.2. The van der Waals surface area contributed by atoms with E-state index in [1.165, 1.54) is 36.6 Å². The molecule has 3 aromatic rings. The largest absolute Gasteiger partial charge is 0.468 e. The third-order valence-corrected chi connectivity index (χ3v) is 7.23. The van der Waals surface area contributed by atoms with E-state index in [0.29, 0.717) is 16.5 Å². The molecule has 1 aromatic heterocycles. The van der Waals surface area contributed by atoms with Crippen LogP contribution in [-0.4, -0.2) is 33.3 Å². The molecule has 168 valence electrons. The zero-order valence-corrected chi connectivity index (χ0v) is 19.1. The van der Waals surface area contributed by atoms with Gasteiger partial charge >= 0.3 is 11.8 Å². The molecule has 2 aromatic carbocycles. The molecule has 2 N–H and O–H groups in total. The number of amides is 2. The topological polar surface area (TPSA) is 105 Å². The molecule has 7 nitrogen and oxygen atoms in total. The molecule has 0 bridgehead atoms. The molecule has 0 unspecified atom stereocenters. The van der Waals surface area contributed by atoms with Crippen LogP contribution >= 0.6 is 23.2 Å². The van der Waals surface area contributed by atoms with Crippen molar-refractivity contribution in [2.75, 3.05) is 13.1 Å². The third kappa shape index (κ3) is 6.12. The van der Waals surface area contributed by atoms with Crippen molar-refractivity contribution in [3.63, 3.8) is 0 Å². The zero-order chi connectivity index (χ0) is 23.1. The van der Waals surface area contributed by atoms with Gasteiger partial charge in [0.15, 0.2) is 9.84 Å². The van der Waals surface area contributed by atoms with E-state index < -0.39 is 26.9 Å². The molecular formula is C22H20Cl2N2O5S. The van der Waals surface area contributed by atoms with Crippen molar-refractivity contribution in [1.29, 1.82) is 0 Å². The second-order valence-electron chi connectivity index (χ2n) is 6.85. The van der Waals surface area contributed by atoms with Crippen molar-refractivity contribution in [3.8, 4) is 0 Å². The van der Waals surface area contributed by atoms with Gasteiger partial charge in [0.25, 0.3) is 0 Å². The molecule has 0 saturated carbocycles. The van der Waals surface area contributed by atoms with Gasteiger partial charge < -0.3 is 15.1 Å². The van der Waals surface area contributed by atoms with Crippen LogP contribution in [0.15, 0.2) is 76.2 Å². The Balaban J connectivity index is 1.61. The van der Waals surface area contributed by atoms with Crippen molar-refractivity contribution in [1.82, 2.24) is 10.6 Å². The Hall–Kier alpha value is -2.81. The van der Waals surface area contributed by atoms with Crippen LogP contribution in [0.1, 0.15) is 16.6 Å². The minimum Gasteiger partial charge on any atom is -0.468 e. The van der Waals surface area contributed by atoms with Gasteiger partial charge in [-0.2, -0.15) is 0 Å².